The standard InChI is InChI=1S/C30H27N3O3S2/c1-20-9-16-27-28(17-20)37-30(32-27)23-11-13-24(14-12-23)31-29(34)19-33(25-15-10-21(2)22(3)18-25)38(35,36)26-7-5-4-6-8-26/h4-18H,19H2,1-3H3,(H,31,34). The summed E-state index contributed by atoms with van der Waals surface area (Å²) in [4.78, 5) is 17.9. The van der Waals surface area contributed by atoms with Crippen LogP contribution < -0.4 is 9.62 Å². The summed E-state index contributed by atoms with van der Waals surface area (Å²) < 4.78 is 29.4. The van der Waals surface area contributed by atoms with Gasteiger partial charge >= 0.3 is 0 Å². The van der Waals surface area contributed by atoms with Crippen LogP contribution in [0.1, 0.15) is 16.7 Å². The Kier molecular flexibility index (Phi) is 7.01. The zero-order valence-corrected chi connectivity index (χ0v) is 22.9. The van der Waals surface area contributed by atoms with Gasteiger partial charge in [0.25, 0.3) is 10.0 Å². The molecule has 0 fully saturated rings. The Bertz CT molecular complexity index is 1730. The van der Waals surface area contributed by atoms with Crippen molar-refractivity contribution in [3.63, 3.8) is 0 Å². The fraction of sp³-hybridized carbons (Fsp3) is 0.133. The maximum atomic E-state index is 13.6. The third-order valence-corrected chi connectivity index (χ3v) is 9.21. The molecule has 1 heterocycles. The van der Waals surface area contributed by atoms with Crippen LogP contribution in [-0.4, -0.2) is 25.9 Å². The van der Waals surface area contributed by atoms with Crippen LogP contribution in [0.5, 0.6) is 0 Å². The summed E-state index contributed by atoms with van der Waals surface area (Å²) in [6.07, 6.45) is 0. The fourth-order valence-corrected chi connectivity index (χ4v) is 6.60. The van der Waals surface area contributed by atoms with Gasteiger partial charge in [-0.15, -0.1) is 11.3 Å². The maximum Gasteiger partial charge on any atom is 0.264 e. The summed E-state index contributed by atoms with van der Waals surface area (Å²) in [6, 6.07) is 27.1. The number of sulfonamides is 1. The Morgan fingerprint density at radius 1 is 0.868 bits per heavy atom. The zero-order chi connectivity index (χ0) is 26.9. The van der Waals surface area contributed by atoms with Gasteiger partial charge in [0.1, 0.15) is 11.6 Å². The molecule has 0 bridgehead atoms. The monoisotopic (exact) mass is 541 g/mol. The molecule has 38 heavy (non-hydrogen) atoms. The first-order chi connectivity index (χ1) is 18.2. The second kappa shape index (κ2) is 10.4. The molecular formula is C30H27N3O3S2. The van der Waals surface area contributed by atoms with E-state index < -0.39 is 15.9 Å². The molecule has 192 valence electrons. The number of benzene rings is 4. The lowest BCUT2D eigenvalue weighted by molar-refractivity contribution is -0.114. The third kappa shape index (κ3) is 5.32. The highest BCUT2D eigenvalue weighted by atomic mass is 32.2. The number of fused-ring (bicyclic) bond motifs is 1. The van der Waals surface area contributed by atoms with Gasteiger partial charge < -0.3 is 5.32 Å². The van der Waals surface area contributed by atoms with Crippen LogP contribution in [-0.2, 0) is 14.8 Å². The molecule has 4 aromatic carbocycles. The number of nitrogens with one attached hydrogen (secondary N) is 1. The van der Waals surface area contributed by atoms with Crippen molar-refractivity contribution in [1.29, 1.82) is 0 Å². The first kappa shape index (κ1) is 25.6. The van der Waals surface area contributed by atoms with E-state index in [1.807, 2.05) is 44.2 Å². The second-order valence-electron chi connectivity index (χ2n) is 9.21. The van der Waals surface area contributed by atoms with Crippen LogP contribution >= 0.6 is 11.3 Å². The predicted molar refractivity (Wildman–Crippen MR) is 155 cm³/mol. The van der Waals surface area contributed by atoms with Crippen molar-refractivity contribution in [2.24, 2.45) is 0 Å². The molecule has 0 aliphatic rings. The maximum absolute atomic E-state index is 13.6. The van der Waals surface area contributed by atoms with E-state index >= 15 is 0 Å². The molecule has 5 aromatic rings. The molecule has 0 saturated carbocycles. The van der Waals surface area contributed by atoms with Crippen LogP contribution in [0.15, 0.2) is 95.9 Å². The highest BCUT2D eigenvalue weighted by Crippen LogP contribution is 2.31. The molecule has 0 saturated heterocycles. The van der Waals surface area contributed by atoms with E-state index in [1.54, 1.807) is 53.8 Å². The predicted octanol–water partition coefficient (Wildman–Crippen LogP) is 6.72. The molecular weight excluding hydrogens is 514 g/mol. The SMILES string of the molecule is Cc1ccc2nc(-c3ccc(NC(=O)CN(c4ccc(C)c(C)c4)S(=O)(=O)c4ccccc4)cc3)sc2c1. The van der Waals surface area contributed by atoms with Gasteiger partial charge in [-0.2, -0.15) is 0 Å². The molecule has 0 unspecified atom stereocenters. The minimum absolute atomic E-state index is 0.126. The molecule has 0 radical (unpaired) electrons. The van der Waals surface area contributed by atoms with Gasteiger partial charge in [-0.3, -0.25) is 9.10 Å². The van der Waals surface area contributed by atoms with Crippen LogP contribution in [0, 0.1) is 20.8 Å². The molecule has 5 rings (SSSR count). The smallest absolute Gasteiger partial charge is 0.264 e. The van der Waals surface area contributed by atoms with Gasteiger partial charge in [0, 0.05) is 11.3 Å². The number of carbonyl (C=O) groups is 1. The van der Waals surface area contributed by atoms with Crippen molar-refractivity contribution in [3.05, 3.63) is 108 Å². The molecule has 0 aliphatic heterocycles. The quantitative estimate of drug-likeness (QED) is 0.248. The molecule has 6 nitrogen and oxygen atoms in total. The summed E-state index contributed by atoms with van der Waals surface area (Å²) >= 11 is 1.62. The van der Waals surface area contributed by atoms with Crippen molar-refractivity contribution in [2.45, 2.75) is 25.7 Å². The molecule has 8 heteroatoms. The lowest BCUT2D eigenvalue weighted by atomic mass is 10.1. The minimum atomic E-state index is -3.96. The van der Waals surface area contributed by atoms with Gasteiger partial charge in [-0.25, -0.2) is 13.4 Å². The van der Waals surface area contributed by atoms with E-state index in [-0.39, 0.29) is 11.4 Å². The highest BCUT2D eigenvalue weighted by Gasteiger charge is 2.27. The van der Waals surface area contributed by atoms with Gasteiger partial charge in [0.2, 0.25) is 5.91 Å². The van der Waals surface area contributed by atoms with Crippen molar-refractivity contribution in [2.75, 3.05) is 16.2 Å². The molecule has 0 aliphatic carbocycles. The average molecular weight is 542 g/mol. The number of rotatable bonds is 7. The number of anilines is 2. The van der Waals surface area contributed by atoms with E-state index in [0.717, 1.165) is 36.2 Å². The molecule has 1 amide bonds. The van der Waals surface area contributed by atoms with E-state index in [9.17, 15) is 13.2 Å². The molecule has 1 N–H and O–H groups in total. The average Bonchev–Trinajstić information content (AvgIpc) is 3.33. The Morgan fingerprint density at radius 2 is 1.61 bits per heavy atom. The second-order valence-corrected chi connectivity index (χ2v) is 12.1. The van der Waals surface area contributed by atoms with Gasteiger partial charge in [-0.1, -0.05) is 30.3 Å². The Morgan fingerprint density at radius 3 is 2.32 bits per heavy atom. The number of amides is 1. The Balaban J connectivity index is 1.37. The van der Waals surface area contributed by atoms with Crippen LogP contribution in [0.4, 0.5) is 11.4 Å². The number of hydrogen-bond acceptors (Lipinski definition) is 5. The molecule has 0 spiro atoms. The number of aromatic nitrogens is 1. The van der Waals surface area contributed by atoms with E-state index in [1.165, 1.54) is 17.7 Å². The molecule has 1 aromatic heterocycles. The number of aryl methyl sites for hydroxylation is 3. The van der Waals surface area contributed by atoms with Crippen molar-refractivity contribution in [3.8, 4) is 10.6 Å². The summed E-state index contributed by atoms with van der Waals surface area (Å²) in [6.45, 7) is 5.57. The van der Waals surface area contributed by atoms with Gasteiger partial charge in [0.15, 0.2) is 0 Å². The summed E-state index contributed by atoms with van der Waals surface area (Å²) in [5.41, 5.74) is 6.09. The van der Waals surface area contributed by atoms with E-state index in [4.69, 9.17) is 4.98 Å². The van der Waals surface area contributed by atoms with E-state index in [2.05, 4.69) is 18.3 Å². The normalized spacial score (nSPS) is 11.4. The first-order valence-corrected chi connectivity index (χ1v) is 14.4. The van der Waals surface area contributed by atoms with Crippen LogP contribution in [0.3, 0.4) is 0 Å². The van der Waals surface area contributed by atoms with Crippen molar-refractivity contribution >= 4 is 48.9 Å². The van der Waals surface area contributed by atoms with Crippen LogP contribution in [0.25, 0.3) is 20.8 Å². The number of hydrogen-bond donors (Lipinski definition) is 1. The topological polar surface area (TPSA) is 79.4 Å². The number of carbonyl (C=O) groups excluding carboxylic acids is 1. The fourth-order valence-electron chi connectivity index (χ4n) is 4.10. The Labute approximate surface area is 226 Å². The van der Waals surface area contributed by atoms with Crippen molar-refractivity contribution in [1.82, 2.24) is 4.98 Å². The summed E-state index contributed by atoms with van der Waals surface area (Å²) in [7, 11) is -3.96. The van der Waals surface area contributed by atoms with Crippen molar-refractivity contribution < 1.29 is 13.2 Å². The first-order valence-electron chi connectivity index (χ1n) is 12.1. The number of thiazole rings is 1. The number of nitrogens with zero attached hydrogens (tertiary/aromatic N) is 2. The minimum Gasteiger partial charge on any atom is -0.325 e. The van der Waals surface area contributed by atoms with Crippen LogP contribution in [0.2, 0.25) is 0 Å². The van der Waals surface area contributed by atoms with E-state index in [0.29, 0.717) is 11.4 Å². The largest absolute Gasteiger partial charge is 0.325 e. The summed E-state index contributed by atoms with van der Waals surface area (Å²) in [5.74, 6) is -0.439. The lowest BCUT2D eigenvalue weighted by Gasteiger charge is -2.25. The summed E-state index contributed by atoms with van der Waals surface area (Å²) in [5, 5.41) is 3.74. The third-order valence-electron chi connectivity index (χ3n) is 6.36. The highest BCUT2D eigenvalue weighted by molar-refractivity contribution is 7.92. The van der Waals surface area contributed by atoms with Gasteiger partial charge in [0.05, 0.1) is 20.8 Å². The Hall–Kier alpha value is -4.01. The molecule has 0 atom stereocenters. The van der Waals surface area contributed by atoms with Gasteiger partial charge in [-0.05, 0) is 98.1 Å². The zero-order valence-electron chi connectivity index (χ0n) is 21.3. The lowest BCUT2D eigenvalue weighted by Crippen LogP contribution is -2.38.